The van der Waals surface area contributed by atoms with Gasteiger partial charge in [-0.1, -0.05) is 0 Å². The van der Waals surface area contributed by atoms with Crippen LogP contribution >= 0.6 is 0 Å². The third kappa shape index (κ3) is 4.22. The molecule has 0 amide bonds. The molecule has 0 saturated carbocycles. The molecule has 2 aliphatic heterocycles. The summed E-state index contributed by atoms with van der Waals surface area (Å²) in [6.07, 6.45) is -0.701. The van der Waals surface area contributed by atoms with Gasteiger partial charge >= 0.3 is 6.18 Å². The summed E-state index contributed by atoms with van der Waals surface area (Å²) in [7, 11) is -3.85. The van der Waals surface area contributed by atoms with Crippen molar-refractivity contribution in [2.75, 3.05) is 49.1 Å². The summed E-state index contributed by atoms with van der Waals surface area (Å²) in [5, 5.41) is 0. The van der Waals surface area contributed by atoms with Gasteiger partial charge in [-0.25, -0.2) is 18.4 Å². The third-order valence-corrected chi connectivity index (χ3v) is 7.36. The fourth-order valence-electron chi connectivity index (χ4n) is 3.75. The number of piperazine rings is 1. The molecule has 2 aliphatic rings. The molecule has 2 aromatic rings. The van der Waals surface area contributed by atoms with Gasteiger partial charge in [0.1, 0.15) is 18.0 Å². The molecule has 162 valence electrons. The molecule has 4 rings (SSSR count). The van der Waals surface area contributed by atoms with Crippen molar-refractivity contribution in [1.29, 1.82) is 0 Å². The van der Waals surface area contributed by atoms with Crippen molar-refractivity contribution in [3.8, 4) is 0 Å². The molecule has 0 N–H and O–H groups in total. The zero-order valence-corrected chi connectivity index (χ0v) is 17.0. The summed E-state index contributed by atoms with van der Waals surface area (Å²) in [6, 6.07) is 5.54. The Hall–Kier alpha value is -2.40. The van der Waals surface area contributed by atoms with E-state index in [-0.39, 0.29) is 18.0 Å². The van der Waals surface area contributed by atoms with E-state index in [1.807, 2.05) is 11.0 Å². The number of alkyl halides is 3. The molecule has 0 aliphatic carbocycles. The van der Waals surface area contributed by atoms with Crippen LogP contribution in [0.1, 0.15) is 18.4 Å². The number of halogens is 3. The van der Waals surface area contributed by atoms with Crippen LogP contribution in [-0.2, 0) is 16.2 Å². The lowest BCUT2D eigenvalue weighted by molar-refractivity contribution is -0.137. The lowest BCUT2D eigenvalue weighted by Gasteiger charge is -2.35. The average molecular weight is 441 g/mol. The summed E-state index contributed by atoms with van der Waals surface area (Å²) >= 11 is 0. The van der Waals surface area contributed by atoms with E-state index in [9.17, 15) is 21.6 Å². The fourth-order valence-corrected chi connectivity index (χ4v) is 5.17. The Bertz CT molecular complexity index is 984. The second-order valence-electron chi connectivity index (χ2n) is 7.34. The number of rotatable bonds is 4. The molecule has 11 heteroatoms. The number of benzene rings is 1. The number of anilines is 2. The maximum Gasteiger partial charge on any atom is 0.416 e. The molecule has 2 saturated heterocycles. The number of sulfonamides is 1. The predicted molar refractivity (Wildman–Crippen MR) is 106 cm³/mol. The second kappa shape index (κ2) is 8.03. The number of hydrogen-bond donors (Lipinski definition) is 0. The van der Waals surface area contributed by atoms with Crippen molar-refractivity contribution < 1.29 is 21.6 Å². The Morgan fingerprint density at radius 1 is 0.800 bits per heavy atom. The molecular formula is C19H22F3N5O2S. The Labute approximate surface area is 173 Å². The molecular weight excluding hydrogens is 419 g/mol. The largest absolute Gasteiger partial charge is 0.416 e. The molecule has 1 aromatic heterocycles. The maximum absolute atomic E-state index is 12.8. The highest BCUT2D eigenvalue weighted by Crippen LogP contribution is 2.30. The summed E-state index contributed by atoms with van der Waals surface area (Å²) in [5.41, 5.74) is -0.871. The topological polar surface area (TPSA) is 69.6 Å². The fraction of sp³-hybridized carbons (Fsp3) is 0.474. The molecule has 2 fully saturated rings. The van der Waals surface area contributed by atoms with E-state index >= 15 is 0 Å². The van der Waals surface area contributed by atoms with Gasteiger partial charge in [-0.15, -0.1) is 0 Å². The normalized spacial score (nSPS) is 18.8. The van der Waals surface area contributed by atoms with E-state index < -0.39 is 21.8 Å². The predicted octanol–water partition coefficient (Wildman–Crippen LogP) is 2.61. The minimum absolute atomic E-state index is 0.137. The SMILES string of the molecule is O=S(=O)(c1ccc(C(F)(F)F)cc1)N1CCN(c2cc(N3CCCC3)ncn2)CC1. The minimum Gasteiger partial charge on any atom is -0.356 e. The van der Waals surface area contributed by atoms with Gasteiger partial charge in [0.2, 0.25) is 10.0 Å². The first-order valence-electron chi connectivity index (χ1n) is 9.74. The maximum atomic E-state index is 12.8. The summed E-state index contributed by atoms with van der Waals surface area (Å²) in [5.74, 6) is 1.62. The van der Waals surface area contributed by atoms with Crippen molar-refractivity contribution >= 4 is 21.7 Å². The zero-order chi connectivity index (χ0) is 21.4. The van der Waals surface area contributed by atoms with E-state index in [1.165, 1.54) is 10.6 Å². The monoisotopic (exact) mass is 441 g/mol. The van der Waals surface area contributed by atoms with Crippen molar-refractivity contribution in [2.45, 2.75) is 23.9 Å². The van der Waals surface area contributed by atoms with E-state index in [4.69, 9.17) is 0 Å². The van der Waals surface area contributed by atoms with Gasteiger partial charge in [-0.3, -0.25) is 0 Å². The Balaban J connectivity index is 1.43. The van der Waals surface area contributed by atoms with Gasteiger partial charge in [-0.05, 0) is 37.1 Å². The lowest BCUT2D eigenvalue weighted by atomic mass is 10.2. The number of aromatic nitrogens is 2. The summed E-state index contributed by atoms with van der Waals surface area (Å²) < 4.78 is 65.1. The molecule has 0 radical (unpaired) electrons. The first-order chi connectivity index (χ1) is 14.2. The molecule has 7 nitrogen and oxygen atoms in total. The second-order valence-corrected chi connectivity index (χ2v) is 9.28. The van der Waals surface area contributed by atoms with Gasteiger partial charge in [0, 0.05) is 45.3 Å². The zero-order valence-electron chi connectivity index (χ0n) is 16.2. The van der Waals surface area contributed by atoms with Gasteiger partial charge in [-0.2, -0.15) is 17.5 Å². The van der Waals surface area contributed by atoms with Crippen molar-refractivity contribution in [3.63, 3.8) is 0 Å². The highest BCUT2D eigenvalue weighted by atomic mass is 32.2. The summed E-state index contributed by atoms with van der Waals surface area (Å²) in [6.45, 7) is 3.27. The third-order valence-electron chi connectivity index (χ3n) is 5.45. The van der Waals surface area contributed by atoms with Gasteiger partial charge < -0.3 is 9.80 Å². The average Bonchev–Trinajstić information content (AvgIpc) is 3.28. The van der Waals surface area contributed by atoms with Crippen LogP contribution in [0.3, 0.4) is 0 Å². The van der Waals surface area contributed by atoms with Crippen LogP contribution in [0.2, 0.25) is 0 Å². The van der Waals surface area contributed by atoms with Crippen LogP contribution in [0, 0.1) is 0 Å². The van der Waals surface area contributed by atoms with Crippen molar-refractivity contribution in [1.82, 2.24) is 14.3 Å². The van der Waals surface area contributed by atoms with Crippen molar-refractivity contribution in [3.05, 3.63) is 42.2 Å². The highest BCUT2D eigenvalue weighted by Gasteiger charge is 2.33. The van der Waals surface area contributed by atoms with Gasteiger partial charge in [0.05, 0.1) is 10.5 Å². The molecule has 3 heterocycles. The molecule has 30 heavy (non-hydrogen) atoms. The van der Waals surface area contributed by atoms with Crippen LogP contribution in [0.15, 0.2) is 41.6 Å². The Morgan fingerprint density at radius 2 is 1.33 bits per heavy atom. The first kappa shape index (κ1) is 20.9. The van der Waals surface area contributed by atoms with Crippen molar-refractivity contribution in [2.24, 2.45) is 0 Å². The van der Waals surface area contributed by atoms with Gasteiger partial charge in [0.25, 0.3) is 0 Å². The molecule has 0 unspecified atom stereocenters. The first-order valence-corrected chi connectivity index (χ1v) is 11.2. The number of nitrogens with zero attached hydrogens (tertiary/aromatic N) is 5. The van der Waals surface area contributed by atoms with Crippen LogP contribution < -0.4 is 9.80 Å². The smallest absolute Gasteiger partial charge is 0.356 e. The Kier molecular flexibility index (Phi) is 5.58. The van der Waals surface area contributed by atoms with E-state index in [1.54, 1.807) is 0 Å². The van der Waals surface area contributed by atoms with E-state index in [2.05, 4.69) is 14.9 Å². The highest BCUT2D eigenvalue weighted by molar-refractivity contribution is 7.89. The van der Waals surface area contributed by atoms with Crippen LogP contribution in [0.5, 0.6) is 0 Å². The molecule has 0 spiro atoms. The standard InChI is InChI=1S/C19H22F3N5O2S/c20-19(21,22)15-3-5-16(6-4-15)30(28,29)27-11-9-26(10-12-27)18-13-17(23-14-24-18)25-7-1-2-8-25/h3-6,13-14H,1-2,7-12H2. The molecule has 0 bridgehead atoms. The molecule has 0 atom stereocenters. The minimum atomic E-state index is -4.50. The van der Waals surface area contributed by atoms with E-state index in [0.29, 0.717) is 13.1 Å². The summed E-state index contributed by atoms with van der Waals surface area (Å²) in [4.78, 5) is 12.7. The van der Waals surface area contributed by atoms with E-state index in [0.717, 1.165) is 61.8 Å². The molecule has 1 aromatic carbocycles. The van der Waals surface area contributed by atoms with Crippen LogP contribution in [-0.4, -0.2) is 62.0 Å². The number of hydrogen-bond acceptors (Lipinski definition) is 6. The quantitative estimate of drug-likeness (QED) is 0.727. The van der Waals surface area contributed by atoms with Gasteiger partial charge in [0.15, 0.2) is 0 Å². The van der Waals surface area contributed by atoms with Crippen LogP contribution in [0.25, 0.3) is 0 Å². The lowest BCUT2D eigenvalue weighted by Crippen LogP contribution is -2.49. The Morgan fingerprint density at radius 3 is 1.87 bits per heavy atom. The van der Waals surface area contributed by atoms with Crippen LogP contribution in [0.4, 0.5) is 24.8 Å².